The Hall–Kier alpha value is -2.88. The number of aryl methyl sites for hydroxylation is 1. The average Bonchev–Trinajstić information content (AvgIpc) is 2.83. The van der Waals surface area contributed by atoms with Crippen molar-refractivity contribution < 1.29 is 28.0 Å². The Labute approximate surface area is 219 Å². The first-order valence-corrected chi connectivity index (χ1v) is 14.8. The van der Waals surface area contributed by atoms with Crippen LogP contribution in [0.25, 0.3) is 10.9 Å². The molecule has 206 valence electrons. The third-order valence-corrected chi connectivity index (χ3v) is 10.5. The van der Waals surface area contributed by atoms with Crippen LogP contribution >= 0.6 is 7.49 Å². The molecule has 0 unspecified atom stereocenters. The molecule has 1 saturated heterocycles. The fraction of sp³-hybridized carbons (Fsp3) is 0.462. The minimum atomic E-state index is -3.82. The number of nitrogens with one attached hydrogen (secondary N) is 1. The summed E-state index contributed by atoms with van der Waals surface area (Å²) in [5.74, 6) is -4.19. The number of hydrogen-bond acceptors (Lipinski definition) is 7. The van der Waals surface area contributed by atoms with Crippen LogP contribution in [0.1, 0.15) is 50.7 Å². The number of anilines is 1. The molecule has 0 spiro atoms. The zero-order valence-electron chi connectivity index (χ0n) is 22.0. The van der Waals surface area contributed by atoms with Crippen molar-refractivity contribution in [2.45, 2.75) is 52.2 Å². The fourth-order valence-corrected chi connectivity index (χ4v) is 7.46. The van der Waals surface area contributed by atoms with Crippen molar-refractivity contribution in [2.75, 3.05) is 30.7 Å². The summed E-state index contributed by atoms with van der Waals surface area (Å²) in [5.41, 5.74) is -2.32. The van der Waals surface area contributed by atoms with Gasteiger partial charge in [-0.1, -0.05) is 0 Å². The number of aliphatic hydroxyl groups is 1. The molecule has 3 N–H and O–H groups in total. The van der Waals surface area contributed by atoms with Gasteiger partial charge in [0.1, 0.15) is 0 Å². The monoisotopic (exact) mass is 551 g/mol. The van der Waals surface area contributed by atoms with Crippen LogP contribution in [0.2, 0.25) is 0 Å². The quantitative estimate of drug-likeness (QED) is 0.401. The third-order valence-electron chi connectivity index (χ3n) is 7.16. The number of carbonyl (C=O) groups is 1. The molecule has 1 aliphatic rings. The van der Waals surface area contributed by atoms with Gasteiger partial charge in [-0.3, -0.25) is 0 Å². The molecule has 0 aliphatic carbocycles. The van der Waals surface area contributed by atoms with Crippen molar-refractivity contribution >= 4 is 35.6 Å². The zero-order valence-corrected chi connectivity index (χ0v) is 23.0. The number of aromatic nitrogens is 3. The van der Waals surface area contributed by atoms with Gasteiger partial charge in [0, 0.05) is 0 Å². The first-order chi connectivity index (χ1) is 17.6. The van der Waals surface area contributed by atoms with E-state index in [1.807, 2.05) is 0 Å². The number of halogens is 3. The Morgan fingerprint density at radius 1 is 1.21 bits per heavy atom. The van der Waals surface area contributed by atoms with Crippen LogP contribution in [0.5, 0.6) is 0 Å². The van der Waals surface area contributed by atoms with Gasteiger partial charge in [-0.15, -0.1) is 0 Å². The Morgan fingerprint density at radius 2 is 1.87 bits per heavy atom. The van der Waals surface area contributed by atoms with E-state index in [0.29, 0.717) is 53.4 Å². The SMILES string of the molecule is CC(=O)N1CC[PH](O)(c2cc3c(N[C@H](C)c4cccc(C(F)(F)C(C)(C)O)c4F)nc(C)nc3cn2)CC1. The summed E-state index contributed by atoms with van der Waals surface area (Å²) in [6, 6.07) is 4.65. The zero-order chi connectivity index (χ0) is 28.0. The summed E-state index contributed by atoms with van der Waals surface area (Å²) in [6.45, 7) is 7.59. The molecule has 3 aromatic rings. The van der Waals surface area contributed by atoms with E-state index in [1.54, 1.807) is 31.0 Å². The summed E-state index contributed by atoms with van der Waals surface area (Å²) in [5, 5.41) is 13.6. The summed E-state index contributed by atoms with van der Waals surface area (Å²) in [7, 11) is -2.97. The molecule has 1 amide bonds. The standard InChI is InChI=1S/C26H33F3N5O3P/c1-15(18-7-6-8-20(23(18)27)26(28,29)25(4,5)36)31-24-19-13-22(30-14-21(19)32-16(2)33-24)38(37)11-9-34(10-12-38)17(3)35/h6-8,13-15,36-38H,9-12H2,1-5H3,(H,31,32,33)/t15-/m1/s1. The molecule has 0 saturated carbocycles. The molecule has 1 atom stereocenters. The molecule has 8 nitrogen and oxygen atoms in total. The van der Waals surface area contributed by atoms with Crippen LogP contribution in [0.3, 0.4) is 0 Å². The van der Waals surface area contributed by atoms with Crippen molar-refractivity contribution in [3.8, 4) is 0 Å². The van der Waals surface area contributed by atoms with Crippen LogP contribution in [0.15, 0.2) is 30.5 Å². The van der Waals surface area contributed by atoms with Gasteiger partial charge >= 0.3 is 220 Å². The molecule has 1 aliphatic heterocycles. The van der Waals surface area contributed by atoms with Crippen molar-refractivity contribution in [1.82, 2.24) is 19.9 Å². The van der Waals surface area contributed by atoms with Crippen molar-refractivity contribution in [3.63, 3.8) is 0 Å². The molecule has 0 bridgehead atoms. The van der Waals surface area contributed by atoms with Crippen molar-refractivity contribution in [3.05, 3.63) is 53.2 Å². The second-order valence-electron chi connectivity index (χ2n) is 10.5. The van der Waals surface area contributed by atoms with E-state index >= 15 is 4.39 Å². The van der Waals surface area contributed by atoms with Gasteiger partial charge in [0.25, 0.3) is 0 Å². The topological polar surface area (TPSA) is 111 Å². The van der Waals surface area contributed by atoms with Crippen LogP contribution in [0, 0.1) is 12.7 Å². The molecule has 0 radical (unpaired) electrons. The second-order valence-corrected chi connectivity index (χ2v) is 14.0. The predicted molar refractivity (Wildman–Crippen MR) is 143 cm³/mol. The molecule has 3 heterocycles. The van der Waals surface area contributed by atoms with Gasteiger partial charge in [-0.05, 0) is 0 Å². The molecule has 1 fully saturated rings. The van der Waals surface area contributed by atoms with E-state index in [-0.39, 0.29) is 11.5 Å². The summed E-state index contributed by atoms with van der Waals surface area (Å²) < 4.78 is 45.0. The maximum absolute atomic E-state index is 15.4. The van der Waals surface area contributed by atoms with Gasteiger partial charge in [0.2, 0.25) is 0 Å². The number of fused-ring (bicyclic) bond motifs is 1. The van der Waals surface area contributed by atoms with Gasteiger partial charge in [0.05, 0.1) is 0 Å². The summed E-state index contributed by atoms with van der Waals surface area (Å²) in [6.07, 6.45) is 2.46. The molecule has 38 heavy (non-hydrogen) atoms. The summed E-state index contributed by atoms with van der Waals surface area (Å²) in [4.78, 5) is 38.2. The van der Waals surface area contributed by atoms with Gasteiger partial charge in [0.15, 0.2) is 0 Å². The molecular weight excluding hydrogens is 518 g/mol. The summed E-state index contributed by atoms with van der Waals surface area (Å²) >= 11 is 0. The van der Waals surface area contributed by atoms with E-state index < -0.39 is 36.4 Å². The van der Waals surface area contributed by atoms with E-state index in [4.69, 9.17) is 0 Å². The van der Waals surface area contributed by atoms with Gasteiger partial charge in [-0.2, -0.15) is 0 Å². The third kappa shape index (κ3) is 5.19. The Balaban J connectivity index is 1.69. The first-order valence-electron chi connectivity index (χ1n) is 12.4. The normalized spacial score (nSPS) is 17.8. The number of nitrogens with zero attached hydrogens (tertiary/aromatic N) is 4. The van der Waals surface area contributed by atoms with Crippen molar-refractivity contribution in [2.24, 2.45) is 0 Å². The average molecular weight is 552 g/mol. The van der Waals surface area contributed by atoms with Gasteiger partial charge < -0.3 is 0 Å². The Bertz CT molecular complexity index is 1370. The van der Waals surface area contributed by atoms with Crippen LogP contribution in [0.4, 0.5) is 19.0 Å². The fourth-order valence-electron chi connectivity index (χ4n) is 4.70. The molecule has 12 heteroatoms. The van der Waals surface area contributed by atoms with E-state index in [9.17, 15) is 23.6 Å². The predicted octanol–water partition coefficient (Wildman–Crippen LogP) is 3.65. The molecule has 1 aromatic carbocycles. The van der Waals surface area contributed by atoms with Crippen LogP contribution in [-0.4, -0.2) is 66.8 Å². The maximum atomic E-state index is 15.4. The van der Waals surface area contributed by atoms with Crippen LogP contribution < -0.4 is 10.8 Å². The molecule has 4 rings (SSSR count). The number of alkyl halides is 2. The number of benzene rings is 1. The van der Waals surface area contributed by atoms with E-state index in [1.165, 1.54) is 19.1 Å². The van der Waals surface area contributed by atoms with Crippen molar-refractivity contribution in [1.29, 1.82) is 0 Å². The number of amides is 1. The Morgan fingerprint density at radius 3 is 2.47 bits per heavy atom. The number of pyridine rings is 1. The number of hydrogen-bond donors (Lipinski definition) is 3. The van der Waals surface area contributed by atoms with Gasteiger partial charge in [-0.25, -0.2) is 0 Å². The van der Waals surface area contributed by atoms with E-state index in [2.05, 4.69) is 20.3 Å². The van der Waals surface area contributed by atoms with E-state index in [0.717, 1.165) is 19.9 Å². The number of carbonyl (C=O) groups excluding carboxylic acids is 1. The molecule has 2 aromatic heterocycles. The number of rotatable bonds is 6. The second kappa shape index (κ2) is 10.0. The minimum absolute atomic E-state index is 0.0188. The molecular formula is C26H33F3N5O3P. The van der Waals surface area contributed by atoms with Crippen LogP contribution in [-0.2, 0) is 10.7 Å². The Kier molecular flexibility index (Phi) is 7.42. The first kappa shape index (κ1) is 28.1.